The van der Waals surface area contributed by atoms with Gasteiger partial charge in [-0.3, -0.25) is 9.59 Å². The van der Waals surface area contributed by atoms with Crippen molar-refractivity contribution in [1.29, 1.82) is 0 Å². The number of nitrogens with one attached hydrogen (secondary N) is 1. The molecular weight excluding hydrogens is 354 g/mol. The second kappa shape index (κ2) is 7.25. The number of carbonyl (C=O) groups is 2. The molecule has 0 unspecified atom stereocenters. The Labute approximate surface area is 156 Å². The molecule has 7 heteroatoms. The van der Waals surface area contributed by atoms with Gasteiger partial charge in [0.1, 0.15) is 0 Å². The Bertz CT molecular complexity index is 773. The van der Waals surface area contributed by atoms with E-state index in [9.17, 15) is 9.59 Å². The van der Waals surface area contributed by atoms with E-state index in [1.165, 1.54) is 21.8 Å². The highest BCUT2D eigenvalue weighted by atomic mass is 32.1. The van der Waals surface area contributed by atoms with Gasteiger partial charge in [-0.2, -0.15) is 0 Å². The molecule has 0 spiro atoms. The van der Waals surface area contributed by atoms with Crippen molar-refractivity contribution in [2.75, 3.05) is 11.9 Å². The minimum Gasteiger partial charge on any atom is -0.338 e. The molecule has 0 aliphatic carbocycles. The molecular formula is C18H23N3O2S2. The summed E-state index contributed by atoms with van der Waals surface area (Å²) in [5.41, 5.74) is 2.17. The third kappa shape index (κ3) is 4.46. The lowest BCUT2D eigenvalue weighted by Crippen LogP contribution is -2.35. The number of carbonyl (C=O) groups excluding carboxylic acids is 2. The monoisotopic (exact) mass is 377 g/mol. The molecule has 1 N–H and O–H groups in total. The van der Waals surface area contributed by atoms with Crippen LogP contribution in [0, 0.1) is 0 Å². The number of aromatic nitrogens is 1. The van der Waals surface area contributed by atoms with Gasteiger partial charge in [0.25, 0.3) is 0 Å². The molecule has 0 atom stereocenters. The van der Waals surface area contributed by atoms with E-state index in [2.05, 4.69) is 42.5 Å². The minimum atomic E-state index is -0.156. The van der Waals surface area contributed by atoms with Crippen LogP contribution in [-0.2, 0) is 28.0 Å². The second-order valence-electron chi connectivity index (χ2n) is 7.27. The molecule has 0 bridgehead atoms. The van der Waals surface area contributed by atoms with Gasteiger partial charge in [0.05, 0.1) is 5.69 Å². The lowest BCUT2D eigenvalue weighted by Gasteiger charge is -2.27. The predicted molar refractivity (Wildman–Crippen MR) is 102 cm³/mol. The van der Waals surface area contributed by atoms with Crippen molar-refractivity contribution in [2.45, 2.75) is 52.0 Å². The van der Waals surface area contributed by atoms with Gasteiger partial charge in [-0.1, -0.05) is 20.8 Å². The number of thiophene rings is 1. The van der Waals surface area contributed by atoms with Gasteiger partial charge in [0.15, 0.2) is 5.13 Å². The maximum atomic E-state index is 12.4. The number of fused-ring (bicyclic) bond motifs is 1. The molecule has 1 aliphatic heterocycles. The molecule has 3 heterocycles. The maximum absolute atomic E-state index is 12.4. The fourth-order valence-corrected chi connectivity index (χ4v) is 4.54. The number of hydrogen-bond donors (Lipinski definition) is 1. The number of nitrogens with zero attached hydrogens (tertiary/aromatic N) is 2. The molecule has 25 heavy (non-hydrogen) atoms. The van der Waals surface area contributed by atoms with Gasteiger partial charge in [0, 0.05) is 41.6 Å². The van der Waals surface area contributed by atoms with E-state index in [0.29, 0.717) is 11.7 Å². The quantitative estimate of drug-likeness (QED) is 0.881. The molecule has 2 aromatic heterocycles. The zero-order valence-corrected chi connectivity index (χ0v) is 16.4. The summed E-state index contributed by atoms with van der Waals surface area (Å²) in [7, 11) is 0. The first-order valence-electron chi connectivity index (χ1n) is 8.42. The van der Waals surface area contributed by atoms with E-state index < -0.39 is 0 Å². The summed E-state index contributed by atoms with van der Waals surface area (Å²) in [4.78, 5) is 32.1. The Hall–Kier alpha value is -1.73. The van der Waals surface area contributed by atoms with Gasteiger partial charge in [0.2, 0.25) is 11.8 Å². The molecule has 5 nitrogen and oxygen atoms in total. The summed E-state index contributed by atoms with van der Waals surface area (Å²) in [5.74, 6) is -0.113. The highest BCUT2D eigenvalue weighted by Crippen LogP contribution is 2.27. The van der Waals surface area contributed by atoms with Crippen LogP contribution in [-0.4, -0.2) is 28.2 Å². The fourth-order valence-electron chi connectivity index (χ4n) is 2.70. The van der Waals surface area contributed by atoms with Crippen molar-refractivity contribution in [3.8, 4) is 0 Å². The molecule has 0 radical (unpaired) electrons. The molecule has 0 saturated heterocycles. The Morgan fingerprint density at radius 2 is 2.08 bits per heavy atom. The van der Waals surface area contributed by atoms with Crippen molar-refractivity contribution in [3.63, 3.8) is 0 Å². The highest BCUT2D eigenvalue weighted by molar-refractivity contribution is 7.14. The number of anilines is 1. The smallest absolute Gasteiger partial charge is 0.226 e. The summed E-state index contributed by atoms with van der Waals surface area (Å²) >= 11 is 3.18. The van der Waals surface area contributed by atoms with Crippen molar-refractivity contribution in [1.82, 2.24) is 9.88 Å². The summed E-state index contributed by atoms with van der Waals surface area (Å²) in [6.45, 7) is 7.67. The molecule has 0 saturated carbocycles. The largest absolute Gasteiger partial charge is 0.338 e. The van der Waals surface area contributed by atoms with E-state index in [1.807, 2.05) is 10.3 Å². The molecule has 3 rings (SSSR count). The first-order chi connectivity index (χ1) is 11.8. The molecule has 134 valence electrons. The van der Waals surface area contributed by atoms with Gasteiger partial charge in [-0.05, 0) is 23.4 Å². The van der Waals surface area contributed by atoms with Crippen LogP contribution in [0.4, 0.5) is 5.13 Å². The van der Waals surface area contributed by atoms with E-state index in [-0.39, 0.29) is 30.1 Å². The summed E-state index contributed by atoms with van der Waals surface area (Å²) in [5, 5.41) is 7.44. The van der Waals surface area contributed by atoms with Crippen LogP contribution in [0.15, 0.2) is 16.8 Å². The van der Waals surface area contributed by atoms with Crippen LogP contribution >= 0.6 is 22.7 Å². The summed E-state index contributed by atoms with van der Waals surface area (Å²) in [6, 6.07) is 2.08. The van der Waals surface area contributed by atoms with Gasteiger partial charge in [-0.15, -0.1) is 22.7 Å². The van der Waals surface area contributed by atoms with Crippen molar-refractivity contribution >= 4 is 39.6 Å². The van der Waals surface area contributed by atoms with Crippen molar-refractivity contribution in [3.05, 3.63) is 33.0 Å². The number of amides is 2. The Morgan fingerprint density at radius 1 is 1.28 bits per heavy atom. The standard InChI is InChI=1S/C18H23N3O2S2/c1-18(2,3)14-11-25-17(19-14)20-15(22)4-5-16(23)21-8-6-13-12(10-21)7-9-24-13/h7,9,11H,4-6,8,10H2,1-3H3,(H,19,20,22). The van der Waals surface area contributed by atoms with Gasteiger partial charge >= 0.3 is 0 Å². The normalized spacial score (nSPS) is 14.3. The zero-order chi connectivity index (χ0) is 18.0. The van der Waals surface area contributed by atoms with Crippen LogP contribution in [0.1, 0.15) is 49.7 Å². The Morgan fingerprint density at radius 3 is 2.80 bits per heavy atom. The summed E-state index contributed by atoms with van der Waals surface area (Å²) < 4.78 is 0. The SMILES string of the molecule is CC(C)(C)c1csc(NC(=O)CCC(=O)N2CCc3sccc3C2)n1. The first kappa shape index (κ1) is 18.1. The molecule has 0 fully saturated rings. The minimum absolute atomic E-state index is 0.0375. The van der Waals surface area contributed by atoms with E-state index in [4.69, 9.17) is 0 Å². The fraction of sp³-hybridized carbons (Fsp3) is 0.500. The average Bonchev–Trinajstić information content (AvgIpc) is 3.20. The van der Waals surface area contributed by atoms with Crippen LogP contribution in [0.3, 0.4) is 0 Å². The van der Waals surface area contributed by atoms with E-state index in [0.717, 1.165) is 18.7 Å². The van der Waals surface area contributed by atoms with Crippen molar-refractivity contribution in [2.24, 2.45) is 0 Å². The van der Waals surface area contributed by atoms with E-state index >= 15 is 0 Å². The predicted octanol–water partition coefficient (Wildman–Crippen LogP) is 3.81. The third-order valence-corrected chi connectivity index (χ3v) is 6.03. The lowest BCUT2D eigenvalue weighted by molar-refractivity contribution is -0.133. The number of hydrogen-bond acceptors (Lipinski definition) is 5. The average molecular weight is 378 g/mol. The Kier molecular flexibility index (Phi) is 5.24. The van der Waals surface area contributed by atoms with Crippen LogP contribution in [0.5, 0.6) is 0 Å². The van der Waals surface area contributed by atoms with Crippen LogP contribution in [0.25, 0.3) is 0 Å². The first-order valence-corrected chi connectivity index (χ1v) is 10.2. The molecule has 2 amide bonds. The molecule has 2 aromatic rings. The van der Waals surface area contributed by atoms with E-state index in [1.54, 1.807) is 11.3 Å². The lowest BCUT2D eigenvalue weighted by atomic mass is 9.93. The van der Waals surface area contributed by atoms with Crippen LogP contribution in [0.2, 0.25) is 0 Å². The molecule has 1 aliphatic rings. The zero-order valence-electron chi connectivity index (χ0n) is 14.8. The number of thiazole rings is 1. The Balaban J connectivity index is 1.48. The van der Waals surface area contributed by atoms with Gasteiger partial charge in [-0.25, -0.2) is 4.98 Å². The van der Waals surface area contributed by atoms with Gasteiger partial charge < -0.3 is 10.2 Å². The third-order valence-electron chi connectivity index (χ3n) is 4.25. The maximum Gasteiger partial charge on any atom is 0.226 e. The highest BCUT2D eigenvalue weighted by Gasteiger charge is 2.22. The summed E-state index contributed by atoms with van der Waals surface area (Å²) in [6.07, 6.45) is 1.35. The molecule has 0 aromatic carbocycles. The van der Waals surface area contributed by atoms with Crippen LogP contribution < -0.4 is 5.32 Å². The van der Waals surface area contributed by atoms with Crippen molar-refractivity contribution < 1.29 is 9.59 Å². The number of rotatable bonds is 4. The topological polar surface area (TPSA) is 62.3 Å². The second-order valence-corrected chi connectivity index (χ2v) is 9.13.